The Hall–Kier alpha value is -2.50. The van der Waals surface area contributed by atoms with Crippen molar-refractivity contribution in [3.8, 4) is 5.75 Å². The molecule has 1 saturated heterocycles. The van der Waals surface area contributed by atoms with Crippen LogP contribution in [0.2, 0.25) is 0 Å². The molecule has 0 radical (unpaired) electrons. The number of unbranched alkanes of at least 4 members (excludes halogenated alkanes) is 1. The summed E-state index contributed by atoms with van der Waals surface area (Å²) < 4.78 is 91.5. The highest BCUT2D eigenvalue weighted by Crippen LogP contribution is 2.58. The summed E-state index contributed by atoms with van der Waals surface area (Å²) >= 11 is 0. The first-order valence-electron chi connectivity index (χ1n) is 10.5. The van der Waals surface area contributed by atoms with Gasteiger partial charge in [-0.2, -0.15) is 26.3 Å². The summed E-state index contributed by atoms with van der Waals surface area (Å²) in [5.41, 5.74) is -5.20. The minimum absolute atomic E-state index is 0.0181. The first-order chi connectivity index (χ1) is 15.3. The number of amides is 3. The Balaban J connectivity index is 1.73. The predicted molar refractivity (Wildman–Crippen MR) is 103 cm³/mol. The maximum Gasteiger partial charge on any atom is 0.430 e. The Bertz CT molecular complexity index is 901. The lowest BCUT2D eigenvalue weighted by Gasteiger charge is -2.33. The van der Waals surface area contributed by atoms with Crippen LogP contribution in [0.15, 0.2) is 12.1 Å². The number of imide groups is 1. The van der Waals surface area contributed by atoms with E-state index in [1.165, 1.54) is 11.9 Å². The summed E-state index contributed by atoms with van der Waals surface area (Å²) in [6.45, 7) is 1.26. The molecule has 0 aliphatic carbocycles. The number of rotatable bonds is 8. The Morgan fingerprint density at radius 1 is 1.09 bits per heavy atom. The molecule has 0 spiro atoms. The van der Waals surface area contributed by atoms with Gasteiger partial charge in [-0.25, -0.2) is 4.79 Å². The van der Waals surface area contributed by atoms with Gasteiger partial charge in [-0.1, -0.05) is 19.4 Å². The van der Waals surface area contributed by atoms with Crippen LogP contribution in [0.3, 0.4) is 0 Å². The van der Waals surface area contributed by atoms with E-state index in [9.17, 15) is 35.9 Å². The lowest BCUT2D eigenvalue weighted by atomic mass is 9.87. The summed E-state index contributed by atoms with van der Waals surface area (Å²) in [6.07, 6.45) is -9.80. The average molecular weight is 482 g/mol. The number of hydrogen-bond acceptors (Lipinski definition) is 4. The van der Waals surface area contributed by atoms with E-state index >= 15 is 0 Å². The Kier molecular flexibility index (Phi) is 6.88. The normalized spacial score (nSPS) is 18.3. The van der Waals surface area contributed by atoms with Crippen molar-refractivity contribution in [3.63, 3.8) is 0 Å². The highest BCUT2D eigenvalue weighted by atomic mass is 19.4. The Labute approximate surface area is 186 Å². The molecular weight excluding hydrogens is 458 g/mol. The van der Waals surface area contributed by atoms with Crippen LogP contribution < -0.4 is 4.74 Å². The quantitative estimate of drug-likeness (QED) is 0.310. The number of carbonyl (C=O) groups excluding carboxylic acids is 2. The first kappa shape index (κ1) is 25.1. The molecule has 184 valence electrons. The van der Waals surface area contributed by atoms with Crippen molar-refractivity contribution in [2.45, 2.75) is 57.2 Å². The molecular formula is C21H24F6N2O4. The van der Waals surface area contributed by atoms with Crippen LogP contribution in [0.4, 0.5) is 31.1 Å². The lowest BCUT2D eigenvalue weighted by molar-refractivity contribution is -0.385. The van der Waals surface area contributed by atoms with E-state index in [-0.39, 0.29) is 54.9 Å². The molecule has 1 aromatic rings. The van der Waals surface area contributed by atoms with Crippen molar-refractivity contribution in [3.05, 3.63) is 28.8 Å². The fraction of sp³-hybridized carbons (Fsp3) is 0.619. The average Bonchev–Trinajstić information content (AvgIpc) is 3.22. The van der Waals surface area contributed by atoms with E-state index in [1.807, 2.05) is 0 Å². The molecule has 2 aliphatic heterocycles. The molecule has 2 heterocycles. The molecule has 3 amide bonds. The highest BCUT2D eigenvalue weighted by Gasteiger charge is 2.75. The van der Waals surface area contributed by atoms with Crippen LogP contribution in [0.5, 0.6) is 5.75 Å². The molecule has 12 heteroatoms. The fourth-order valence-electron chi connectivity index (χ4n) is 4.16. The molecule has 0 atom stereocenters. The van der Waals surface area contributed by atoms with Gasteiger partial charge in [-0.3, -0.25) is 9.69 Å². The topological polar surface area (TPSA) is 59.1 Å². The van der Waals surface area contributed by atoms with Crippen LogP contribution >= 0.6 is 0 Å². The smallest absolute Gasteiger partial charge is 0.430 e. The molecule has 2 aliphatic rings. The van der Waals surface area contributed by atoms with Crippen molar-refractivity contribution in [1.29, 1.82) is 0 Å². The molecule has 0 saturated carbocycles. The number of ether oxygens (including phenoxy) is 2. The number of alkyl halides is 6. The van der Waals surface area contributed by atoms with Gasteiger partial charge < -0.3 is 14.4 Å². The second-order valence-corrected chi connectivity index (χ2v) is 8.02. The van der Waals surface area contributed by atoms with Gasteiger partial charge in [0.15, 0.2) is 0 Å². The fourth-order valence-corrected chi connectivity index (χ4v) is 4.16. The number of halogens is 6. The first-order valence-corrected chi connectivity index (χ1v) is 10.5. The Morgan fingerprint density at radius 2 is 1.76 bits per heavy atom. The van der Waals surface area contributed by atoms with Gasteiger partial charge >= 0.3 is 18.4 Å². The van der Waals surface area contributed by atoms with Gasteiger partial charge in [0, 0.05) is 24.7 Å². The molecule has 1 fully saturated rings. The summed E-state index contributed by atoms with van der Waals surface area (Å²) in [5.74, 6) is -0.0995. The van der Waals surface area contributed by atoms with Gasteiger partial charge in [0.25, 0.3) is 5.60 Å². The van der Waals surface area contributed by atoms with Gasteiger partial charge in [0.2, 0.25) is 5.91 Å². The third kappa shape index (κ3) is 4.36. The number of benzene rings is 1. The summed E-state index contributed by atoms with van der Waals surface area (Å²) in [4.78, 5) is 26.0. The van der Waals surface area contributed by atoms with E-state index in [1.54, 1.807) is 6.92 Å². The maximum absolute atomic E-state index is 13.6. The summed E-state index contributed by atoms with van der Waals surface area (Å²) in [6, 6.07) is 1.50. The van der Waals surface area contributed by atoms with Crippen LogP contribution in [-0.4, -0.2) is 60.8 Å². The molecule has 0 unspecified atom stereocenters. The van der Waals surface area contributed by atoms with Crippen LogP contribution in [-0.2, 0) is 28.2 Å². The van der Waals surface area contributed by atoms with Crippen LogP contribution in [0.25, 0.3) is 0 Å². The molecule has 1 aromatic carbocycles. The third-order valence-corrected chi connectivity index (χ3v) is 5.76. The van der Waals surface area contributed by atoms with E-state index in [2.05, 4.69) is 4.74 Å². The van der Waals surface area contributed by atoms with Crippen molar-refractivity contribution >= 4 is 11.9 Å². The monoisotopic (exact) mass is 482 g/mol. The number of carbonyl (C=O) groups is 2. The number of likely N-dealkylation sites (N-methyl/N-ethyl adjacent to an activating group) is 1. The summed E-state index contributed by atoms with van der Waals surface area (Å²) in [5, 5.41) is 0. The number of hydrogen-bond donors (Lipinski definition) is 0. The number of urea groups is 1. The Morgan fingerprint density at radius 3 is 2.30 bits per heavy atom. The van der Waals surface area contributed by atoms with Gasteiger partial charge in [0.1, 0.15) is 12.3 Å². The second kappa shape index (κ2) is 9.03. The predicted octanol–water partition coefficient (Wildman–Crippen LogP) is 4.54. The molecule has 33 heavy (non-hydrogen) atoms. The third-order valence-electron chi connectivity index (χ3n) is 5.76. The van der Waals surface area contributed by atoms with Gasteiger partial charge in [0.05, 0.1) is 13.2 Å². The maximum atomic E-state index is 13.6. The number of fused-ring (bicyclic) bond motifs is 1. The van der Waals surface area contributed by atoms with Crippen molar-refractivity contribution in [2.75, 3.05) is 26.7 Å². The summed E-state index contributed by atoms with van der Waals surface area (Å²) in [7, 11) is 1.52. The van der Waals surface area contributed by atoms with Crippen molar-refractivity contribution in [1.82, 2.24) is 9.80 Å². The van der Waals surface area contributed by atoms with Crippen molar-refractivity contribution < 1.29 is 45.4 Å². The SMILES string of the molecule is CCCc1c(OCCCCN2C(=O)CN(C)C2=O)ccc2c1COC2(C(F)(F)F)C(F)(F)F. The highest BCUT2D eigenvalue weighted by molar-refractivity contribution is 6.01. The van der Waals surface area contributed by atoms with Gasteiger partial charge in [-0.05, 0) is 30.9 Å². The lowest BCUT2D eigenvalue weighted by Crippen LogP contribution is -2.53. The zero-order valence-electron chi connectivity index (χ0n) is 18.1. The van der Waals surface area contributed by atoms with Gasteiger partial charge in [-0.15, -0.1) is 0 Å². The molecule has 0 aromatic heterocycles. The van der Waals surface area contributed by atoms with Crippen molar-refractivity contribution in [2.24, 2.45) is 0 Å². The van der Waals surface area contributed by atoms with Crippen LogP contribution in [0.1, 0.15) is 42.9 Å². The van der Waals surface area contributed by atoms with Crippen LogP contribution in [0, 0.1) is 0 Å². The molecule has 0 N–H and O–H groups in total. The zero-order chi connectivity index (χ0) is 24.6. The minimum Gasteiger partial charge on any atom is -0.493 e. The standard InChI is InChI=1S/C21H24F6N2O4/c1-3-6-13-14-12-33-19(20(22,23)24,21(25,26)27)15(14)7-8-16(13)32-10-5-4-9-29-17(30)11-28(2)18(29)31/h7-8H,3-6,9-12H2,1-2H3. The largest absolute Gasteiger partial charge is 0.493 e. The molecule has 3 rings (SSSR count). The zero-order valence-corrected chi connectivity index (χ0v) is 18.1. The molecule has 6 nitrogen and oxygen atoms in total. The number of nitrogens with zero attached hydrogens (tertiary/aromatic N) is 2. The molecule has 0 bridgehead atoms. The van der Waals surface area contributed by atoms with E-state index < -0.39 is 30.1 Å². The van der Waals surface area contributed by atoms with E-state index in [0.717, 1.165) is 17.0 Å². The van der Waals surface area contributed by atoms with E-state index in [0.29, 0.717) is 19.3 Å². The van der Waals surface area contributed by atoms with E-state index in [4.69, 9.17) is 4.74 Å². The minimum atomic E-state index is -5.68. The second-order valence-electron chi connectivity index (χ2n) is 8.02.